The zero-order valence-electron chi connectivity index (χ0n) is 7.57. The first-order valence-corrected chi connectivity index (χ1v) is 5.71. The molecule has 0 amide bonds. The highest BCUT2D eigenvalue weighted by atomic mass is 32.2. The second-order valence-electron chi connectivity index (χ2n) is 3.24. The molecular weight excluding hydrogens is 180 g/mol. The Kier molecular flexibility index (Phi) is 3.22. The average Bonchev–Trinajstić information content (AvgIpc) is 2.98. The van der Waals surface area contributed by atoms with E-state index in [0.717, 1.165) is 23.4 Å². The lowest BCUT2D eigenvalue weighted by Crippen LogP contribution is -2.19. The van der Waals surface area contributed by atoms with Gasteiger partial charge in [0, 0.05) is 24.5 Å². The normalized spacial score (nSPS) is 16.0. The second kappa shape index (κ2) is 4.63. The molecule has 1 fully saturated rings. The smallest absolute Gasteiger partial charge is 0.0960 e. The van der Waals surface area contributed by atoms with Crippen molar-refractivity contribution < 1.29 is 0 Å². The van der Waals surface area contributed by atoms with Gasteiger partial charge in [-0.15, -0.1) is 11.8 Å². The van der Waals surface area contributed by atoms with E-state index >= 15 is 0 Å². The molecule has 2 rings (SSSR count). The zero-order chi connectivity index (χ0) is 8.93. The summed E-state index contributed by atoms with van der Waals surface area (Å²) >= 11 is 1.82. The first-order valence-electron chi connectivity index (χ1n) is 4.72. The Hall–Kier alpha value is -0.540. The Morgan fingerprint density at radius 1 is 1.46 bits per heavy atom. The van der Waals surface area contributed by atoms with Crippen LogP contribution in [0.2, 0.25) is 0 Å². The number of aromatic nitrogens is 1. The van der Waals surface area contributed by atoms with Gasteiger partial charge in [-0.25, -0.2) is 4.98 Å². The molecule has 1 aromatic heterocycles. The average molecular weight is 194 g/mol. The SMILES string of the molecule is c1ccc(SCCNC2CC2)nc1. The summed E-state index contributed by atoms with van der Waals surface area (Å²) in [7, 11) is 0. The van der Waals surface area contributed by atoms with Crippen molar-refractivity contribution in [3.05, 3.63) is 24.4 Å². The van der Waals surface area contributed by atoms with Crippen LogP contribution in [0.1, 0.15) is 12.8 Å². The van der Waals surface area contributed by atoms with Crippen molar-refractivity contribution in [1.29, 1.82) is 0 Å². The molecule has 0 aromatic carbocycles. The molecule has 1 N–H and O–H groups in total. The standard InChI is InChI=1S/C10H14N2S/c1-2-6-12-10(3-1)13-8-7-11-9-4-5-9/h1-3,6,9,11H,4-5,7-8H2. The third kappa shape index (κ3) is 3.36. The van der Waals surface area contributed by atoms with Gasteiger partial charge in [0.25, 0.3) is 0 Å². The van der Waals surface area contributed by atoms with E-state index in [2.05, 4.69) is 16.4 Å². The van der Waals surface area contributed by atoms with Gasteiger partial charge in [-0.3, -0.25) is 0 Å². The minimum Gasteiger partial charge on any atom is -0.313 e. The summed E-state index contributed by atoms with van der Waals surface area (Å²) in [5, 5.41) is 4.60. The maximum absolute atomic E-state index is 4.25. The van der Waals surface area contributed by atoms with Crippen LogP contribution in [-0.2, 0) is 0 Å². The van der Waals surface area contributed by atoms with E-state index in [0.29, 0.717) is 0 Å². The van der Waals surface area contributed by atoms with E-state index in [1.54, 1.807) is 0 Å². The van der Waals surface area contributed by atoms with Crippen molar-refractivity contribution in [3.63, 3.8) is 0 Å². The van der Waals surface area contributed by atoms with Crippen LogP contribution in [-0.4, -0.2) is 23.3 Å². The summed E-state index contributed by atoms with van der Waals surface area (Å²) in [6.07, 6.45) is 4.58. The molecule has 1 aromatic rings. The quantitative estimate of drug-likeness (QED) is 0.572. The molecule has 0 radical (unpaired) electrons. The first kappa shape index (κ1) is 9.03. The van der Waals surface area contributed by atoms with Crippen LogP contribution < -0.4 is 5.32 Å². The number of hydrogen-bond acceptors (Lipinski definition) is 3. The highest BCUT2D eigenvalue weighted by molar-refractivity contribution is 7.99. The van der Waals surface area contributed by atoms with Crippen LogP contribution >= 0.6 is 11.8 Å². The maximum Gasteiger partial charge on any atom is 0.0960 e. The molecule has 13 heavy (non-hydrogen) atoms. The molecule has 2 nitrogen and oxygen atoms in total. The lowest BCUT2D eigenvalue weighted by atomic mass is 10.5. The molecule has 0 saturated heterocycles. The highest BCUT2D eigenvalue weighted by Gasteiger charge is 2.19. The minimum atomic E-state index is 0.823. The van der Waals surface area contributed by atoms with Gasteiger partial charge in [0.2, 0.25) is 0 Å². The molecule has 3 heteroatoms. The Morgan fingerprint density at radius 2 is 2.38 bits per heavy atom. The third-order valence-corrected chi connectivity index (χ3v) is 2.95. The summed E-state index contributed by atoms with van der Waals surface area (Å²) < 4.78 is 0. The molecule has 0 spiro atoms. The summed E-state index contributed by atoms with van der Waals surface area (Å²) in [6.45, 7) is 1.10. The molecule has 1 aliphatic rings. The molecule has 70 valence electrons. The molecule has 0 atom stereocenters. The third-order valence-electron chi connectivity index (χ3n) is 2.00. The fourth-order valence-corrected chi connectivity index (χ4v) is 1.88. The minimum absolute atomic E-state index is 0.823. The van der Waals surface area contributed by atoms with Gasteiger partial charge in [0.1, 0.15) is 0 Å². The van der Waals surface area contributed by atoms with E-state index in [4.69, 9.17) is 0 Å². The highest BCUT2D eigenvalue weighted by Crippen LogP contribution is 2.19. The number of hydrogen-bond donors (Lipinski definition) is 1. The zero-order valence-corrected chi connectivity index (χ0v) is 8.39. The topological polar surface area (TPSA) is 24.9 Å². The first-order chi connectivity index (χ1) is 6.45. The van der Waals surface area contributed by atoms with Gasteiger partial charge in [-0.05, 0) is 25.0 Å². The molecule has 0 unspecified atom stereocenters. The Balaban J connectivity index is 1.61. The largest absolute Gasteiger partial charge is 0.313 e. The van der Waals surface area contributed by atoms with Gasteiger partial charge < -0.3 is 5.32 Å². The number of rotatable bonds is 5. The van der Waals surface area contributed by atoms with Crippen molar-refractivity contribution in [2.24, 2.45) is 0 Å². The predicted molar refractivity (Wildman–Crippen MR) is 56.0 cm³/mol. The summed E-state index contributed by atoms with van der Waals surface area (Å²) in [5.41, 5.74) is 0. The number of pyridine rings is 1. The Morgan fingerprint density at radius 3 is 3.08 bits per heavy atom. The van der Waals surface area contributed by atoms with E-state index < -0.39 is 0 Å². The van der Waals surface area contributed by atoms with Gasteiger partial charge in [0.15, 0.2) is 0 Å². The number of nitrogens with zero attached hydrogens (tertiary/aromatic N) is 1. The van der Waals surface area contributed by atoms with Crippen molar-refractivity contribution in [2.75, 3.05) is 12.3 Å². The van der Waals surface area contributed by atoms with Crippen molar-refractivity contribution in [1.82, 2.24) is 10.3 Å². The van der Waals surface area contributed by atoms with Crippen LogP contribution in [0.5, 0.6) is 0 Å². The molecule has 0 bridgehead atoms. The fraction of sp³-hybridized carbons (Fsp3) is 0.500. The molecule has 1 aliphatic carbocycles. The summed E-state index contributed by atoms with van der Waals surface area (Å²) in [6, 6.07) is 6.86. The number of nitrogens with one attached hydrogen (secondary N) is 1. The molecule has 1 heterocycles. The molecular formula is C10H14N2S. The van der Waals surface area contributed by atoms with E-state index in [9.17, 15) is 0 Å². The van der Waals surface area contributed by atoms with Gasteiger partial charge >= 0.3 is 0 Å². The van der Waals surface area contributed by atoms with Crippen LogP contribution in [0.15, 0.2) is 29.4 Å². The fourth-order valence-electron chi connectivity index (χ4n) is 1.14. The summed E-state index contributed by atoms with van der Waals surface area (Å²) in [5.74, 6) is 1.12. The van der Waals surface area contributed by atoms with Crippen molar-refractivity contribution in [3.8, 4) is 0 Å². The van der Waals surface area contributed by atoms with Gasteiger partial charge in [0.05, 0.1) is 5.03 Å². The van der Waals surface area contributed by atoms with Crippen LogP contribution in [0.4, 0.5) is 0 Å². The van der Waals surface area contributed by atoms with Crippen molar-refractivity contribution in [2.45, 2.75) is 23.9 Å². The second-order valence-corrected chi connectivity index (χ2v) is 4.36. The number of thioether (sulfide) groups is 1. The van der Waals surface area contributed by atoms with E-state index in [1.807, 2.05) is 30.1 Å². The van der Waals surface area contributed by atoms with E-state index in [1.165, 1.54) is 12.8 Å². The van der Waals surface area contributed by atoms with Crippen LogP contribution in [0.25, 0.3) is 0 Å². The van der Waals surface area contributed by atoms with Gasteiger partial charge in [-0.1, -0.05) is 6.07 Å². The Labute approximate surface area is 83.1 Å². The van der Waals surface area contributed by atoms with Gasteiger partial charge in [-0.2, -0.15) is 0 Å². The molecule has 0 aliphatic heterocycles. The lowest BCUT2D eigenvalue weighted by molar-refractivity contribution is 0.726. The lowest BCUT2D eigenvalue weighted by Gasteiger charge is -2.01. The molecule has 1 saturated carbocycles. The van der Waals surface area contributed by atoms with Crippen molar-refractivity contribution >= 4 is 11.8 Å². The monoisotopic (exact) mass is 194 g/mol. The van der Waals surface area contributed by atoms with Crippen LogP contribution in [0, 0.1) is 0 Å². The maximum atomic E-state index is 4.25. The Bertz CT molecular complexity index is 246. The van der Waals surface area contributed by atoms with Crippen LogP contribution in [0.3, 0.4) is 0 Å². The summed E-state index contributed by atoms with van der Waals surface area (Å²) in [4.78, 5) is 4.25. The predicted octanol–water partition coefficient (Wildman–Crippen LogP) is 1.93. The van der Waals surface area contributed by atoms with E-state index in [-0.39, 0.29) is 0 Å².